The van der Waals surface area contributed by atoms with E-state index < -0.39 is 0 Å². The minimum atomic E-state index is -0.275. The van der Waals surface area contributed by atoms with Crippen molar-refractivity contribution in [1.82, 2.24) is 10.2 Å². The van der Waals surface area contributed by atoms with Crippen molar-refractivity contribution in [2.75, 3.05) is 38.1 Å². The van der Waals surface area contributed by atoms with Crippen molar-refractivity contribution in [2.24, 2.45) is 0 Å². The largest absolute Gasteiger partial charge is 0.392 e. The predicted molar refractivity (Wildman–Crippen MR) is 119 cm³/mol. The van der Waals surface area contributed by atoms with E-state index in [0.29, 0.717) is 18.7 Å². The van der Waals surface area contributed by atoms with Crippen molar-refractivity contribution >= 4 is 23.2 Å². The van der Waals surface area contributed by atoms with E-state index in [4.69, 9.17) is 11.6 Å². The van der Waals surface area contributed by atoms with Crippen molar-refractivity contribution in [1.29, 1.82) is 0 Å². The molecule has 1 aliphatic heterocycles. The zero-order valence-corrected chi connectivity index (χ0v) is 17.9. The van der Waals surface area contributed by atoms with Crippen LogP contribution in [0.25, 0.3) is 0 Å². The summed E-state index contributed by atoms with van der Waals surface area (Å²) < 4.78 is 0. The molecule has 2 aromatic carbocycles. The number of hydrogen-bond acceptors (Lipinski definition) is 4. The average molecular weight is 416 g/mol. The number of likely N-dealkylation sites (N-methyl/N-ethyl adjacent to an activating group) is 1. The Morgan fingerprint density at radius 1 is 1.31 bits per heavy atom. The van der Waals surface area contributed by atoms with Crippen LogP contribution >= 0.6 is 11.6 Å². The number of carbonyl (C=O) groups is 1. The molecule has 1 aliphatic rings. The smallest absolute Gasteiger partial charge is 0.251 e. The number of β-amino-alcohol motifs (C(OH)–C–C–N with tert-alkyl or cyclic N) is 1. The Kier molecular flexibility index (Phi) is 7.53. The summed E-state index contributed by atoms with van der Waals surface area (Å²) in [5.74, 6) is -0.0380. The Hall–Kier alpha value is -2.08. The van der Waals surface area contributed by atoms with Crippen LogP contribution < -0.4 is 10.2 Å². The molecule has 0 bridgehead atoms. The van der Waals surface area contributed by atoms with Gasteiger partial charge in [0.25, 0.3) is 5.91 Å². The first kappa shape index (κ1) is 21.6. The number of aliphatic hydroxyl groups is 1. The van der Waals surface area contributed by atoms with E-state index in [1.807, 2.05) is 49.4 Å². The Bertz CT molecular complexity index is 812. The van der Waals surface area contributed by atoms with E-state index in [1.54, 1.807) is 0 Å². The number of benzene rings is 2. The molecule has 2 N–H and O–H groups in total. The fraction of sp³-hybridized carbons (Fsp3) is 0.435. The molecule has 0 spiro atoms. The monoisotopic (exact) mass is 415 g/mol. The van der Waals surface area contributed by atoms with Crippen molar-refractivity contribution in [3.05, 3.63) is 64.7 Å². The van der Waals surface area contributed by atoms with Crippen molar-refractivity contribution in [3.8, 4) is 0 Å². The van der Waals surface area contributed by atoms with Gasteiger partial charge in [-0.25, -0.2) is 0 Å². The molecule has 1 fully saturated rings. The summed E-state index contributed by atoms with van der Waals surface area (Å²) in [5.41, 5.74) is 2.86. The number of nitrogens with one attached hydrogen (secondary N) is 1. The third-order valence-electron chi connectivity index (χ3n) is 5.42. The number of rotatable bonds is 8. The SMILES string of the molecule is CCCNC(=O)c1ccc(N(C)C[C@@H](c2cccc(Cl)c2)N2CC[C@H](O)C2)cc1. The van der Waals surface area contributed by atoms with Crippen molar-refractivity contribution in [3.63, 3.8) is 0 Å². The summed E-state index contributed by atoms with van der Waals surface area (Å²) in [7, 11) is 2.05. The molecule has 5 nitrogen and oxygen atoms in total. The predicted octanol–water partition coefficient (Wildman–Crippen LogP) is 3.72. The van der Waals surface area contributed by atoms with E-state index in [-0.39, 0.29) is 18.1 Å². The van der Waals surface area contributed by atoms with Crippen LogP contribution in [0.3, 0.4) is 0 Å². The van der Waals surface area contributed by atoms with Crippen LogP contribution in [0.5, 0.6) is 0 Å². The second kappa shape index (κ2) is 10.1. The molecular weight excluding hydrogens is 386 g/mol. The van der Waals surface area contributed by atoms with Gasteiger partial charge in [-0.2, -0.15) is 0 Å². The Morgan fingerprint density at radius 2 is 2.07 bits per heavy atom. The number of nitrogens with zero attached hydrogens (tertiary/aromatic N) is 2. The molecule has 1 amide bonds. The zero-order chi connectivity index (χ0) is 20.8. The highest BCUT2D eigenvalue weighted by atomic mass is 35.5. The average Bonchev–Trinajstić information content (AvgIpc) is 3.16. The maximum atomic E-state index is 12.1. The zero-order valence-electron chi connectivity index (χ0n) is 17.1. The topological polar surface area (TPSA) is 55.8 Å². The summed E-state index contributed by atoms with van der Waals surface area (Å²) in [4.78, 5) is 16.6. The first-order chi connectivity index (χ1) is 14.0. The summed E-state index contributed by atoms with van der Waals surface area (Å²) in [6, 6.07) is 15.8. The molecule has 29 heavy (non-hydrogen) atoms. The molecule has 0 saturated carbocycles. The van der Waals surface area contributed by atoms with Gasteiger partial charge in [0.2, 0.25) is 0 Å². The molecule has 156 valence electrons. The van der Waals surface area contributed by atoms with Crippen LogP contribution in [0.15, 0.2) is 48.5 Å². The normalized spacial score (nSPS) is 17.9. The number of hydrogen-bond donors (Lipinski definition) is 2. The number of aliphatic hydroxyl groups excluding tert-OH is 1. The third-order valence-corrected chi connectivity index (χ3v) is 5.66. The number of halogens is 1. The van der Waals surface area contributed by atoms with Gasteiger partial charge in [0.05, 0.1) is 12.1 Å². The van der Waals surface area contributed by atoms with E-state index >= 15 is 0 Å². The lowest BCUT2D eigenvalue weighted by molar-refractivity contribution is 0.0953. The van der Waals surface area contributed by atoms with Gasteiger partial charge in [0.15, 0.2) is 0 Å². The quantitative estimate of drug-likeness (QED) is 0.689. The molecule has 1 saturated heterocycles. The number of carbonyl (C=O) groups excluding carboxylic acids is 1. The number of anilines is 1. The van der Waals surface area contributed by atoms with Gasteiger partial charge in [0.1, 0.15) is 0 Å². The van der Waals surface area contributed by atoms with Crippen LogP contribution in [0.4, 0.5) is 5.69 Å². The van der Waals surface area contributed by atoms with Gasteiger partial charge in [-0.15, -0.1) is 0 Å². The van der Waals surface area contributed by atoms with Gasteiger partial charge < -0.3 is 15.3 Å². The molecule has 0 aromatic heterocycles. The fourth-order valence-corrected chi connectivity index (χ4v) is 3.97. The maximum absolute atomic E-state index is 12.1. The number of amides is 1. The van der Waals surface area contributed by atoms with Gasteiger partial charge in [-0.1, -0.05) is 30.7 Å². The summed E-state index contributed by atoms with van der Waals surface area (Å²) in [6.07, 6.45) is 1.44. The molecular formula is C23H30ClN3O2. The second-order valence-electron chi connectivity index (χ2n) is 7.69. The molecule has 0 radical (unpaired) electrons. The standard InChI is InChI=1S/C23H30ClN3O2/c1-3-12-25-23(29)17-7-9-20(10-8-17)26(2)16-22(27-13-11-21(28)15-27)18-5-4-6-19(24)14-18/h4-10,14,21-22,28H,3,11-13,15-16H2,1-2H3,(H,25,29)/t21-,22-/m0/s1. The van der Waals surface area contributed by atoms with E-state index in [2.05, 4.69) is 28.2 Å². The maximum Gasteiger partial charge on any atom is 0.251 e. The molecule has 3 rings (SSSR count). The fourth-order valence-electron chi connectivity index (χ4n) is 3.77. The molecule has 1 heterocycles. The Balaban J connectivity index is 1.74. The summed E-state index contributed by atoms with van der Waals surface area (Å²) in [6.45, 7) is 5.01. The Morgan fingerprint density at radius 3 is 2.69 bits per heavy atom. The van der Waals surface area contributed by atoms with Gasteiger partial charge >= 0.3 is 0 Å². The molecule has 0 aliphatic carbocycles. The molecule has 6 heteroatoms. The third kappa shape index (κ3) is 5.72. The second-order valence-corrected chi connectivity index (χ2v) is 8.13. The van der Waals surface area contributed by atoms with Crippen LogP contribution in [-0.4, -0.2) is 55.2 Å². The highest BCUT2D eigenvalue weighted by Crippen LogP contribution is 2.29. The summed E-state index contributed by atoms with van der Waals surface area (Å²) >= 11 is 6.24. The number of likely N-dealkylation sites (tertiary alicyclic amines) is 1. The van der Waals surface area contributed by atoms with Gasteiger partial charge in [0, 0.05) is 49.5 Å². The lowest BCUT2D eigenvalue weighted by Gasteiger charge is -2.33. The minimum absolute atomic E-state index is 0.0380. The van der Waals surface area contributed by atoms with Crippen molar-refractivity contribution < 1.29 is 9.90 Å². The lowest BCUT2D eigenvalue weighted by atomic mass is 10.0. The minimum Gasteiger partial charge on any atom is -0.392 e. The lowest BCUT2D eigenvalue weighted by Crippen LogP contribution is -2.36. The molecule has 2 atom stereocenters. The highest BCUT2D eigenvalue weighted by molar-refractivity contribution is 6.30. The van der Waals surface area contributed by atoms with Crippen LogP contribution in [0, 0.1) is 0 Å². The molecule has 2 aromatic rings. The van der Waals surface area contributed by atoms with Gasteiger partial charge in [-0.05, 0) is 54.8 Å². The first-order valence-electron chi connectivity index (χ1n) is 10.2. The van der Waals surface area contributed by atoms with Crippen LogP contribution in [-0.2, 0) is 0 Å². The van der Waals surface area contributed by atoms with Gasteiger partial charge in [-0.3, -0.25) is 9.69 Å². The molecule has 0 unspecified atom stereocenters. The van der Waals surface area contributed by atoms with Crippen LogP contribution in [0.1, 0.15) is 41.7 Å². The van der Waals surface area contributed by atoms with E-state index in [1.165, 1.54) is 0 Å². The first-order valence-corrected chi connectivity index (χ1v) is 10.6. The van der Waals surface area contributed by atoms with Crippen LogP contribution in [0.2, 0.25) is 5.02 Å². The van der Waals surface area contributed by atoms with Crippen molar-refractivity contribution in [2.45, 2.75) is 31.9 Å². The Labute approximate surface area is 178 Å². The van der Waals surface area contributed by atoms with E-state index in [9.17, 15) is 9.90 Å². The van der Waals surface area contributed by atoms with E-state index in [0.717, 1.165) is 42.2 Å². The highest BCUT2D eigenvalue weighted by Gasteiger charge is 2.29. The summed E-state index contributed by atoms with van der Waals surface area (Å²) in [5, 5.41) is 13.6.